The van der Waals surface area contributed by atoms with Crippen molar-refractivity contribution < 1.29 is 14.5 Å². The first kappa shape index (κ1) is 28.5. The Labute approximate surface area is 231 Å². The minimum absolute atomic E-state index is 0.0489. The summed E-state index contributed by atoms with van der Waals surface area (Å²) in [6.07, 6.45) is 2.48. The average Bonchev–Trinajstić information content (AvgIpc) is 2.99. The molecule has 0 radical (unpaired) electrons. The lowest BCUT2D eigenvalue weighted by Gasteiger charge is -2.07. The SMILES string of the molecule is C=O.CNc1cccc2cccc(S)c12.O=Cc1ccc(-c2ccc(Nc3ccc([N+](=O)[O-])cc3)cn2)cc1. The highest BCUT2D eigenvalue weighted by molar-refractivity contribution is 7.80. The standard InChI is InChI=1S/C18H13N3O3.C11H11NS.CH2O/c22-12-13-1-3-14(4-2-13)18-10-7-16(11-19-18)20-15-5-8-17(9-6-15)21(23)24;1-12-9-6-2-4-8-5-3-7-10(13)11(8)9;1-2/h1-12,20H;2-7,12-13H,1H3;1H2. The van der Waals surface area contributed by atoms with E-state index >= 15 is 0 Å². The maximum Gasteiger partial charge on any atom is 0.269 e. The number of thiol groups is 1. The summed E-state index contributed by atoms with van der Waals surface area (Å²) in [5.74, 6) is 0. The summed E-state index contributed by atoms with van der Waals surface area (Å²) in [7, 11) is 1.93. The zero-order valence-electron chi connectivity index (χ0n) is 21.1. The predicted octanol–water partition coefficient (Wildman–Crippen LogP) is 7.20. The van der Waals surface area contributed by atoms with E-state index in [-0.39, 0.29) is 5.69 Å². The van der Waals surface area contributed by atoms with Crippen molar-refractivity contribution >= 4 is 59.2 Å². The van der Waals surface area contributed by atoms with Gasteiger partial charge < -0.3 is 15.4 Å². The van der Waals surface area contributed by atoms with Crippen LogP contribution in [0.1, 0.15) is 10.4 Å². The Morgan fingerprint density at radius 3 is 2.08 bits per heavy atom. The number of nitro benzene ring substituents is 1. The number of carbonyl (C=O) groups excluding carboxylic acids is 2. The van der Waals surface area contributed by atoms with Gasteiger partial charge in [0.05, 0.1) is 22.5 Å². The molecule has 1 aromatic heterocycles. The fourth-order valence-corrected chi connectivity index (χ4v) is 4.07. The van der Waals surface area contributed by atoms with Crippen LogP contribution < -0.4 is 10.6 Å². The first-order valence-corrected chi connectivity index (χ1v) is 12.1. The number of nitrogens with zero attached hydrogens (tertiary/aromatic N) is 2. The molecule has 1 heterocycles. The van der Waals surface area contributed by atoms with Gasteiger partial charge in [-0.1, -0.05) is 48.5 Å². The Hall–Kier alpha value is -5.02. The Bertz CT molecular complexity index is 1540. The molecule has 0 amide bonds. The molecule has 196 valence electrons. The molecular weight excluding hydrogens is 512 g/mol. The molecule has 8 nitrogen and oxygen atoms in total. The van der Waals surface area contributed by atoms with Gasteiger partial charge >= 0.3 is 0 Å². The normalized spacial score (nSPS) is 9.79. The molecule has 0 aliphatic heterocycles. The molecule has 0 atom stereocenters. The van der Waals surface area contributed by atoms with Gasteiger partial charge in [-0.3, -0.25) is 19.9 Å². The molecule has 0 unspecified atom stereocenters. The molecular formula is C30H26N4O4S. The van der Waals surface area contributed by atoms with Crippen molar-refractivity contribution in [2.75, 3.05) is 17.7 Å². The number of fused-ring (bicyclic) bond motifs is 1. The van der Waals surface area contributed by atoms with Gasteiger partial charge in [0.15, 0.2) is 0 Å². The summed E-state index contributed by atoms with van der Waals surface area (Å²) in [6.45, 7) is 2.00. The smallest absolute Gasteiger partial charge is 0.269 e. The highest BCUT2D eigenvalue weighted by Gasteiger charge is 2.05. The molecule has 0 aliphatic carbocycles. The zero-order chi connectivity index (χ0) is 28.2. The Morgan fingerprint density at radius 1 is 0.872 bits per heavy atom. The molecule has 0 aliphatic rings. The third-order valence-electron chi connectivity index (χ3n) is 5.62. The van der Waals surface area contributed by atoms with Crippen LogP contribution in [0, 0.1) is 10.1 Å². The van der Waals surface area contributed by atoms with Gasteiger partial charge in [0.1, 0.15) is 13.1 Å². The van der Waals surface area contributed by atoms with Crippen LogP contribution in [0.5, 0.6) is 0 Å². The van der Waals surface area contributed by atoms with Gasteiger partial charge in [0, 0.05) is 52.0 Å². The lowest BCUT2D eigenvalue weighted by atomic mass is 10.1. The van der Waals surface area contributed by atoms with Crippen molar-refractivity contribution in [3.63, 3.8) is 0 Å². The number of pyridine rings is 1. The maximum atomic E-state index is 10.7. The zero-order valence-corrected chi connectivity index (χ0v) is 22.0. The van der Waals surface area contributed by atoms with Crippen molar-refractivity contribution in [2.24, 2.45) is 0 Å². The molecule has 4 aromatic carbocycles. The van der Waals surface area contributed by atoms with Crippen LogP contribution in [0.4, 0.5) is 22.7 Å². The molecule has 5 rings (SSSR count). The van der Waals surface area contributed by atoms with E-state index in [1.165, 1.54) is 22.9 Å². The van der Waals surface area contributed by atoms with E-state index in [4.69, 9.17) is 4.79 Å². The fourth-order valence-electron chi connectivity index (χ4n) is 3.73. The fraction of sp³-hybridized carbons (Fsp3) is 0.0333. The predicted molar refractivity (Wildman–Crippen MR) is 159 cm³/mol. The molecule has 5 aromatic rings. The second-order valence-electron chi connectivity index (χ2n) is 8.03. The van der Waals surface area contributed by atoms with Gasteiger partial charge in [0.25, 0.3) is 5.69 Å². The topological polar surface area (TPSA) is 114 Å². The number of nitro groups is 1. The Kier molecular flexibility index (Phi) is 10.3. The van der Waals surface area contributed by atoms with E-state index < -0.39 is 4.92 Å². The quantitative estimate of drug-likeness (QED) is 0.0906. The first-order valence-electron chi connectivity index (χ1n) is 11.7. The van der Waals surface area contributed by atoms with Crippen LogP contribution in [0.15, 0.2) is 108 Å². The van der Waals surface area contributed by atoms with Crippen LogP contribution in [0.3, 0.4) is 0 Å². The first-order chi connectivity index (χ1) is 19.0. The van der Waals surface area contributed by atoms with Crippen molar-refractivity contribution in [1.29, 1.82) is 0 Å². The molecule has 2 N–H and O–H groups in total. The third kappa shape index (κ3) is 7.50. The van der Waals surface area contributed by atoms with Crippen molar-refractivity contribution in [3.8, 4) is 11.3 Å². The van der Waals surface area contributed by atoms with Crippen molar-refractivity contribution in [3.05, 3.63) is 119 Å². The number of anilines is 3. The molecule has 39 heavy (non-hydrogen) atoms. The highest BCUT2D eigenvalue weighted by Crippen LogP contribution is 2.28. The van der Waals surface area contributed by atoms with E-state index in [9.17, 15) is 14.9 Å². The minimum Gasteiger partial charge on any atom is -0.388 e. The number of aldehydes is 1. The minimum atomic E-state index is -0.435. The summed E-state index contributed by atoms with van der Waals surface area (Å²) in [5.41, 5.74) is 5.03. The number of rotatable bonds is 6. The molecule has 0 saturated heterocycles. The maximum absolute atomic E-state index is 10.7. The van der Waals surface area contributed by atoms with E-state index in [1.54, 1.807) is 30.5 Å². The summed E-state index contributed by atoms with van der Waals surface area (Å²) in [5, 5.41) is 19.3. The Balaban J connectivity index is 0.000000236. The van der Waals surface area contributed by atoms with Crippen LogP contribution in [-0.4, -0.2) is 30.0 Å². The van der Waals surface area contributed by atoms with E-state index in [2.05, 4.69) is 46.4 Å². The highest BCUT2D eigenvalue weighted by atomic mass is 32.1. The van der Waals surface area contributed by atoms with Crippen LogP contribution >= 0.6 is 12.6 Å². The lowest BCUT2D eigenvalue weighted by molar-refractivity contribution is -0.384. The number of benzene rings is 4. The van der Waals surface area contributed by atoms with Crippen LogP contribution in [-0.2, 0) is 4.79 Å². The number of hydrogen-bond donors (Lipinski definition) is 3. The molecule has 0 saturated carbocycles. The number of non-ortho nitro benzene ring substituents is 1. The van der Waals surface area contributed by atoms with Gasteiger partial charge in [-0.15, -0.1) is 12.6 Å². The number of carbonyl (C=O) groups is 2. The van der Waals surface area contributed by atoms with E-state index in [1.807, 2.05) is 56.3 Å². The number of nitrogens with one attached hydrogen (secondary N) is 2. The van der Waals surface area contributed by atoms with Gasteiger partial charge in [0.2, 0.25) is 0 Å². The van der Waals surface area contributed by atoms with Crippen LogP contribution in [0.25, 0.3) is 22.0 Å². The second kappa shape index (κ2) is 14.1. The summed E-state index contributed by atoms with van der Waals surface area (Å²) in [4.78, 5) is 34.3. The van der Waals surface area contributed by atoms with E-state index in [0.717, 1.165) is 39.5 Å². The largest absolute Gasteiger partial charge is 0.388 e. The Morgan fingerprint density at radius 2 is 1.51 bits per heavy atom. The number of hydrogen-bond acceptors (Lipinski definition) is 8. The van der Waals surface area contributed by atoms with Crippen molar-refractivity contribution in [2.45, 2.75) is 4.90 Å². The van der Waals surface area contributed by atoms with Gasteiger partial charge in [-0.2, -0.15) is 0 Å². The average molecular weight is 539 g/mol. The molecule has 0 spiro atoms. The van der Waals surface area contributed by atoms with Gasteiger partial charge in [-0.25, -0.2) is 0 Å². The summed E-state index contributed by atoms with van der Waals surface area (Å²) in [6, 6.07) is 29.4. The monoisotopic (exact) mass is 538 g/mol. The molecule has 0 bridgehead atoms. The molecule has 0 fully saturated rings. The summed E-state index contributed by atoms with van der Waals surface area (Å²) >= 11 is 4.43. The van der Waals surface area contributed by atoms with Gasteiger partial charge in [-0.05, 0) is 41.8 Å². The summed E-state index contributed by atoms with van der Waals surface area (Å²) < 4.78 is 0. The third-order valence-corrected chi connectivity index (χ3v) is 6.00. The van der Waals surface area contributed by atoms with Crippen LogP contribution in [0.2, 0.25) is 0 Å². The van der Waals surface area contributed by atoms with Crippen molar-refractivity contribution in [1.82, 2.24) is 4.98 Å². The number of aromatic nitrogens is 1. The molecule has 9 heteroatoms. The second-order valence-corrected chi connectivity index (χ2v) is 8.51. The van der Waals surface area contributed by atoms with E-state index in [0.29, 0.717) is 5.56 Å². The lowest BCUT2D eigenvalue weighted by Crippen LogP contribution is -1.93.